The van der Waals surface area contributed by atoms with Gasteiger partial charge in [-0.25, -0.2) is 0 Å². The number of hydrogen-bond donors (Lipinski definition) is 1. The predicted molar refractivity (Wildman–Crippen MR) is 88.5 cm³/mol. The van der Waals surface area contributed by atoms with E-state index in [1.54, 1.807) is 15.3 Å². The third-order valence-corrected chi connectivity index (χ3v) is 6.69. The van der Waals surface area contributed by atoms with Gasteiger partial charge in [0.05, 0.1) is 0 Å². The van der Waals surface area contributed by atoms with Crippen molar-refractivity contribution in [1.82, 2.24) is 5.32 Å². The molecule has 0 aromatic carbocycles. The summed E-state index contributed by atoms with van der Waals surface area (Å²) in [6.45, 7) is 7.19. The van der Waals surface area contributed by atoms with E-state index in [9.17, 15) is 0 Å². The Labute approximate surface area is 128 Å². The summed E-state index contributed by atoms with van der Waals surface area (Å²) >= 11 is 2.07. The Kier molecular flexibility index (Phi) is 4.24. The van der Waals surface area contributed by atoms with E-state index in [0.29, 0.717) is 11.5 Å². The number of hydrogen-bond acceptors (Lipinski definition) is 2. The van der Waals surface area contributed by atoms with Gasteiger partial charge in [0, 0.05) is 21.8 Å². The molecule has 1 atom stereocenters. The summed E-state index contributed by atoms with van der Waals surface area (Å²) in [6, 6.07) is 3.76. The molecule has 0 amide bonds. The summed E-state index contributed by atoms with van der Waals surface area (Å²) in [6.07, 6.45) is 10.9. The van der Waals surface area contributed by atoms with Crippen LogP contribution in [0, 0.1) is 5.41 Å². The molecule has 20 heavy (non-hydrogen) atoms. The number of rotatable bonds is 3. The van der Waals surface area contributed by atoms with Crippen molar-refractivity contribution in [2.75, 3.05) is 0 Å². The molecule has 0 spiro atoms. The zero-order valence-corrected chi connectivity index (χ0v) is 14.1. The van der Waals surface area contributed by atoms with Gasteiger partial charge in [0.25, 0.3) is 0 Å². The molecular weight excluding hydrogens is 262 g/mol. The van der Waals surface area contributed by atoms with Crippen molar-refractivity contribution in [2.45, 2.75) is 84.2 Å². The zero-order chi connectivity index (χ0) is 14.2. The molecule has 1 fully saturated rings. The van der Waals surface area contributed by atoms with Gasteiger partial charge in [-0.1, -0.05) is 13.8 Å². The maximum Gasteiger partial charge on any atom is 0.0388 e. The summed E-state index contributed by atoms with van der Waals surface area (Å²) in [4.78, 5) is 3.24. The summed E-state index contributed by atoms with van der Waals surface area (Å²) in [5, 5.41) is 3.89. The Morgan fingerprint density at radius 2 is 1.90 bits per heavy atom. The molecule has 2 aliphatic rings. The van der Waals surface area contributed by atoms with E-state index in [2.05, 4.69) is 43.5 Å². The van der Waals surface area contributed by atoms with E-state index in [0.717, 1.165) is 6.04 Å². The highest BCUT2D eigenvalue weighted by atomic mass is 32.1. The third kappa shape index (κ3) is 3.28. The first kappa shape index (κ1) is 14.6. The van der Waals surface area contributed by atoms with Crippen LogP contribution in [0.25, 0.3) is 0 Å². The van der Waals surface area contributed by atoms with E-state index in [-0.39, 0.29) is 0 Å². The third-order valence-electron chi connectivity index (χ3n) is 5.27. The van der Waals surface area contributed by atoms with Crippen molar-refractivity contribution in [3.63, 3.8) is 0 Å². The summed E-state index contributed by atoms with van der Waals surface area (Å²) in [7, 11) is 0. The van der Waals surface area contributed by atoms with Crippen LogP contribution in [-0.4, -0.2) is 6.04 Å². The summed E-state index contributed by atoms with van der Waals surface area (Å²) in [5.41, 5.74) is 2.22. The number of nitrogens with one attached hydrogen (secondary N) is 1. The molecule has 112 valence electrons. The quantitative estimate of drug-likeness (QED) is 0.802. The summed E-state index contributed by atoms with van der Waals surface area (Å²) < 4.78 is 0. The molecule has 0 bridgehead atoms. The van der Waals surface area contributed by atoms with Crippen LogP contribution in [0.3, 0.4) is 0 Å². The lowest BCUT2D eigenvalue weighted by Gasteiger charge is -2.35. The second kappa shape index (κ2) is 5.81. The first-order valence-corrected chi connectivity index (χ1v) is 9.23. The van der Waals surface area contributed by atoms with Gasteiger partial charge in [-0.2, -0.15) is 0 Å². The molecule has 0 saturated heterocycles. The Morgan fingerprint density at radius 1 is 1.20 bits per heavy atom. The lowest BCUT2D eigenvalue weighted by molar-refractivity contribution is 0.200. The maximum atomic E-state index is 3.89. The highest BCUT2D eigenvalue weighted by Gasteiger charge is 2.28. The number of aryl methyl sites for hydroxylation is 2. The average molecular weight is 292 g/mol. The number of thiophene rings is 1. The number of fused-ring (bicyclic) bond motifs is 1. The van der Waals surface area contributed by atoms with Gasteiger partial charge < -0.3 is 5.32 Å². The molecule has 1 aromatic heterocycles. The van der Waals surface area contributed by atoms with E-state index in [4.69, 9.17) is 0 Å². The Bertz CT molecular complexity index is 426. The van der Waals surface area contributed by atoms with Crippen LogP contribution in [0.4, 0.5) is 0 Å². The van der Waals surface area contributed by atoms with Gasteiger partial charge in [-0.3, -0.25) is 0 Å². The van der Waals surface area contributed by atoms with Gasteiger partial charge in [0.2, 0.25) is 0 Å². The molecule has 3 rings (SSSR count). The lowest BCUT2D eigenvalue weighted by atomic mass is 9.75. The minimum atomic E-state index is 0.539. The molecule has 1 saturated carbocycles. The molecule has 2 heteroatoms. The van der Waals surface area contributed by atoms with Crippen LogP contribution in [0.1, 0.15) is 80.7 Å². The van der Waals surface area contributed by atoms with Crippen LogP contribution in [0.15, 0.2) is 6.07 Å². The van der Waals surface area contributed by atoms with E-state index in [1.807, 2.05) is 0 Å². The fraction of sp³-hybridized carbons (Fsp3) is 0.778. The average Bonchev–Trinajstić information content (AvgIpc) is 2.85. The molecule has 1 N–H and O–H groups in total. The second-order valence-corrected chi connectivity index (χ2v) is 8.80. The van der Waals surface area contributed by atoms with E-state index in [1.165, 1.54) is 51.4 Å². The fourth-order valence-corrected chi connectivity index (χ4v) is 5.00. The topological polar surface area (TPSA) is 12.0 Å². The van der Waals surface area contributed by atoms with Crippen molar-refractivity contribution < 1.29 is 0 Å². The molecule has 2 aliphatic carbocycles. The lowest BCUT2D eigenvalue weighted by Crippen LogP contribution is -2.36. The largest absolute Gasteiger partial charge is 0.307 e. The minimum absolute atomic E-state index is 0.539. The molecule has 1 unspecified atom stereocenters. The van der Waals surface area contributed by atoms with Crippen LogP contribution in [0.2, 0.25) is 0 Å². The van der Waals surface area contributed by atoms with E-state index < -0.39 is 0 Å². The standard InChI is InChI=1S/C18H29NS/c1-13(19-15-8-10-18(2,3)11-9-15)17-12-14-6-4-5-7-16(14)20-17/h12-13,15,19H,4-11H2,1-3H3. The molecule has 1 aromatic rings. The SMILES string of the molecule is CC(NC1CCC(C)(C)CC1)c1cc2c(s1)CCCC2. The van der Waals surface area contributed by atoms with Gasteiger partial charge in [-0.05, 0) is 75.3 Å². The van der Waals surface area contributed by atoms with Crippen LogP contribution >= 0.6 is 11.3 Å². The Morgan fingerprint density at radius 3 is 2.60 bits per heavy atom. The van der Waals surface area contributed by atoms with Crippen LogP contribution < -0.4 is 5.32 Å². The van der Waals surface area contributed by atoms with E-state index >= 15 is 0 Å². The van der Waals surface area contributed by atoms with Crippen LogP contribution in [0.5, 0.6) is 0 Å². The van der Waals surface area contributed by atoms with Crippen LogP contribution in [-0.2, 0) is 12.8 Å². The van der Waals surface area contributed by atoms with Gasteiger partial charge >= 0.3 is 0 Å². The molecule has 1 nitrogen and oxygen atoms in total. The highest BCUT2D eigenvalue weighted by Crippen LogP contribution is 2.37. The van der Waals surface area contributed by atoms with Crippen molar-refractivity contribution in [1.29, 1.82) is 0 Å². The molecular formula is C18H29NS. The first-order chi connectivity index (χ1) is 9.53. The fourth-order valence-electron chi connectivity index (χ4n) is 3.73. The van der Waals surface area contributed by atoms with Gasteiger partial charge in [-0.15, -0.1) is 11.3 Å². The van der Waals surface area contributed by atoms with Gasteiger partial charge in [0.1, 0.15) is 0 Å². The predicted octanol–water partition coefficient (Wildman–Crippen LogP) is 5.25. The molecule has 0 radical (unpaired) electrons. The van der Waals surface area contributed by atoms with Crippen molar-refractivity contribution in [2.24, 2.45) is 5.41 Å². The highest BCUT2D eigenvalue weighted by molar-refractivity contribution is 7.12. The summed E-state index contributed by atoms with van der Waals surface area (Å²) in [5.74, 6) is 0. The Balaban J connectivity index is 1.59. The molecule has 1 heterocycles. The molecule has 0 aliphatic heterocycles. The Hall–Kier alpha value is -0.340. The van der Waals surface area contributed by atoms with Crippen molar-refractivity contribution in [3.8, 4) is 0 Å². The van der Waals surface area contributed by atoms with Crippen molar-refractivity contribution >= 4 is 11.3 Å². The van der Waals surface area contributed by atoms with Gasteiger partial charge in [0.15, 0.2) is 0 Å². The maximum absolute atomic E-state index is 3.89. The first-order valence-electron chi connectivity index (χ1n) is 8.41. The van der Waals surface area contributed by atoms with Crippen molar-refractivity contribution in [3.05, 3.63) is 21.4 Å². The zero-order valence-electron chi connectivity index (χ0n) is 13.3. The smallest absolute Gasteiger partial charge is 0.0388 e. The minimum Gasteiger partial charge on any atom is -0.307 e. The normalized spacial score (nSPS) is 24.4. The monoisotopic (exact) mass is 291 g/mol. The second-order valence-electron chi connectivity index (χ2n) is 7.63.